The molecule has 1 saturated carbocycles. The number of nitrogens with zero attached hydrogens (tertiary/aromatic N) is 7. The zero-order valence-electron chi connectivity index (χ0n) is 32.8. The lowest BCUT2D eigenvalue weighted by molar-refractivity contribution is -0.135. The number of fused-ring (bicyclic) bond motifs is 3. The van der Waals surface area contributed by atoms with Crippen LogP contribution in [0.2, 0.25) is 0 Å². The van der Waals surface area contributed by atoms with Gasteiger partial charge in [0.15, 0.2) is 23.2 Å². The van der Waals surface area contributed by atoms with Crippen molar-refractivity contribution in [3.63, 3.8) is 0 Å². The van der Waals surface area contributed by atoms with Crippen molar-refractivity contribution in [3.8, 4) is 17.1 Å². The first-order valence-corrected chi connectivity index (χ1v) is 20.2. The van der Waals surface area contributed by atoms with Crippen molar-refractivity contribution < 1.29 is 32.7 Å². The van der Waals surface area contributed by atoms with Gasteiger partial charge in [-0.1, -0.05) is 18.2 Å². The molecule has 0 spiro atoms. The average Bonchev–Trinajstić information content (AvgIpc) is 3.93. The molecule has 0 radical (unpaired) electrons. The zero-order valence-corrected chi connectivity index (χ0v) is 32.8. The molecular formula is C43H42F3N9O5. The van der Waals surface area contributed by atoms with Gasteiger partial charge in [-0.25, -0.2) is 23.5 Å². The van der Waals surface area contributed by atoms with Gasteiger partial charge in [-0.3, -0.25) is 38.4 Å². The second-order valence-corrected chi connectivity index (χ2v) is 16.1. The summed E-state index contributed by atoms with van der Waals surface area (Å²) in [4.78, 5) is 61.9. The molecule has 3 N–H and O–H groups in total. The third-order valence-corrected chi connectivity index (χ3v) is 12.2. The molecule has 2 aliphatic heterocycles. The van der Waals surface area contributed by atoms with Gasteiger partial charge in [0.25, 0.3) is 5.91 Å². The molecule has 0 bridgehead atoms. The number of aryl methyl sites for hydroxylation is 2. The molecular weight excluding hydrogens is 780 g/mol. The Morgan fingerprint density at radius 2 is 1.78 bits per heavy atom. The summed E-state index contributed by atoms with van der Waals surface area (Å²) in [5.74, 6) is -7.20. The summed E-state index contributed by atoms with van der Waals surface area (Å²) in [6.45, 7) is 2.54. The van der Waals surface area contributed by atoms with Crippen LogP contribution < -0.4 is 16.3 Å². The van der Waals surface area contributed by atoms with Crippen LogP contribution in [0.3, 0.4) is 0 Å². The summed E-state index contributed by atoms with van der Waals surface area (Å²) in [5.41, 5.74) is 5.24. The number of hydrogen-bond acceptors (Lipinski definition) is 9. The number of aromatic nitrogens is 6. The van der Waals surface area contributed by atoms with Gasteiger partial charge in [-0.15, -0.1) is 0 Å². The number of benzene rings is 3. The van der Waals surface area contributed by atoms with E-state index in [1.54, 1.807) is 11.6 Å². The molecule has 9 rings (SSSR count). The standard InChI is InChI=1S/C43H42F3N9O5/c1-52-35-15-23(6-11-33(35)55(43(52)60)34-12-13-36(56)50-42(34)59)3-2-14-53-20-27-19-47-40(49-32(27)22-53)25-7-8-26-21-54(51-31(26)16-25)28-9-4-24(5-10-28)18-48-41(58)29-17-30(44)39(57)38(46)37(29)45/h6-8,11,15-17,19,21,24,28,34,57H,2-5,9-10,12-14,18,20,22H2,1H3,(H,48,58)(H,50,56,59)/t24-,28-,34?. The van der Waals surface area contributed by atoms with E-state index in [2.05, 4.69) is 15.5 Å². The molecule has 1 aliphatic carbocycles. The van der Waals surface area contributed by atoms with Crippen LogP contribution in [0.4, 0.5) is 13.2 Å². The molecule has 1 saturated heterocycles. The minimum absolute atomic E-state index is 0.103. The maximum atomic E-state index is 14.2. The first kappa shape index (κ1) is 39.1. The number of phenols is 1. The largest absolute Gasteiger partial charge is 0.503 e. The first-order valence-electron chi connectivity index (χ1n) is 20.2. The number of hydrogen-bond donors (Lipinski definition) is 3. The van der Waals surface area contributed by atoms with Crippen molar-refractivity contribution in [2.45, 2.75) is 76.5 Å². The number of imidazole rings is 1. The molecule has 6 aromatic rings. The third kappa shape index (κ3) is 7.31. The Balaban J connectivity index is 0.782. The van der Waals surface area contributed by atoms with Crippen LogP contribution in [0.1, 0.15) is 84.2 Å². The molecule has 2 fully saturated rings. The van der Waals surface area contributed by atoms with Gasteiger partial charge < -0.3 is 10.4 Å². The van der Waals surface area contributed by atoms with Crippen LogP contribution >= 0.6 is 0 Å². The second kappa shape index (κ2) is 15.7. The molecule has 3 aromatic carbocycles. The Labute approximate surface area is 341 Å². The highest BCUT2D eigenvalue weighted by molar-refractivity contribution is 6.00. The summed E-state index contributed by atoms with van der Waals surface area (Å²) in [6.07, 6.45) is 9.28. The second-order valence-electron chi connectivity index (χ2n) is 16.1. The normalized spacial score (nSPS) is 19.6. The summed E-state index contributed by atoms with van der Waals surface area (Å²) in [7, 11) is 1.70. The van der Waals surface area contributed by atoms with Crippen molar-refractivity contribution in [2.75, 3.05) is 13.1 Å². The molecule has 1 unspecified atom stereocenters. The Morgan fingerprint density at radius 3 is 2.58 bits per heavy atom. The van der Waals surface area contributed by atoms with E-state index < -0.39 is 46.6 Å². The number of carbonyl (C=O) groups is 3. The Bertz CT molecular complexity index is 2770. The molecule has 3 aromatic heterocycles. The van der Waals surface area contributed by atoms with Crippen LogP contribution in [0, 0.1) is 23.4 Å². The number of amides is 3. The minimum Gasteiger partial charge on any atom is -0.503 e. The average molecular weight is 822 g/mol. The fourth-order valence-electron chi connectivity index (χ4n) is 8.88. The van der Waals surface area contributed by atoms with E-state index in [1.165, 1.54) is 4.57 Å². The predicted octanol–water partition coefficient (Wildman–Crippen LogP) is 5.36. The Hall–Kier alpha value is -6.36. The molecule has 17 heteroatoms. The van der Waals surface area contributed by atoms with Gasteiger partial charge in [0, 0.05) is 62.0 Å². The smallest absolute Gasteiger partial charge is 0.329 e. The van der Waals surface area contributed by atoms with Crippen molar-refractivity contribution in [2.24, 2.45) is 13.0 Å². The molecule has 310 valence electrons. The highest BCUT2D eigenvalue weighted by Crippen LogP contribution is 2.34. The minimum atomic E-state index is -1.79. The van der Waals surface area contributed by atoms with Crippen molar-refractivity contribution in [1.29, 1.82) is 0 Å². The molecule has 3 aliphatic rings. The van der Waals surface area contributed by atoms with Crippen LogP contribution in [0.5, 0.6) is 5.75 Å². The zero-order chi connectivity index (χ0) is 41.8. The van der Waals surface area contributed by atoms with E-state index in [0.717, 1.165) is 90.4 Å². The monoisotopic (exact) mass is 821 g/mol. The van der Waals surface area contributed by atoms with Crippen molar-refractivity contribution >= 4 is 39.7 Å². The summed E-state index contributed by atoms with van der Waals surface area (Å²) >= 11 is 0. The van der Waals surface area contributed by atoms with E-state index in [1.807, 2.05) is 53.5 Å². The Kier molecular flexibility index (Phi) is 10.2. The van der Waals surface area contributed by atoms with Gasteiger partial charge in [0.2, 0.25) is 17.6 Å². The number of phenolic OH excluding ortho intramolecular Hbond substituents is 1. The number of aromatic hydroxyl groups is 1. The van der Waals surface area contributed by atoms with Gasteiger partial charge in [0.1, 0.15) is 6.04 Å². The fourth-order valence-corrected chi connectivity index (χ4v) is 8.88. The maximum Gasteiger partial charge on any atom is 0.329 e. The van der Waals surface area contributed by atoms with E-state index >= 15 is 0 Å². The van der Waals surface area contributed by atoms with Crippen LogP contribution in [0.15, 0.2) is 59.7 Å². The summed E-state index contributed by atoms with van der Waals surface area (Å²) in [5, 5.41) is 20.1. The van der Waals surface area contributed by atoms with E-state index in [-0.39, 0.29) is 36.5 Å². The molecule has 60 heavy (non-hydrogen) atoms. The van der Waals surface area contributed by atoms with Crippen molar-refractivity contribution in [1.82, 2.24) is 44.4 Å². The third-order valence-electron chi connectivity index (χ3n) is 12.2. The lowest BCUT2D eigenvalue weighted by atomic mass is 9.86. The molecule has 3 amide bonds. The molecule has 5 heterocycles. The molecule has 1 atom stereocenters. The topological polar surface area (TPSA) is 169 Å². The summed E-state index contributed by atoms with van der Waals surface area (Å²) < 4.78 is 46.7. The maximum absolute atomic E-state index is 14.2. The highest BCUT2D eigenvalue weighted by atomic mass is 19.2. The van der Waals surface area contributed by atoms with E-state index in [4.69, 9.17) is 15.1 Å². The lowest BCUT2D eigenvalue weighted by Gasteiger charge is -2.28. The molecule has 14 nitrogen and oxygen atoms in total. The first-order chi connectivity index (χ1) is 28.9. The van der Waals surface area contributed by atoms with Gasteiger partial charge >= 0.3 is 5.69 Å². The number of halogens is 3. The lowest BCUT2D eigenvalue weighted by Crippen LogP contribution is -2.44. The van der Waals surface area contributed by atoms with E-state index in [9.17, 15) is 37.5 Å². The van der Waals surface area contributed by atoms with E-state index in [0.29, 0.717) is 30.4 Å². The summed E-state index contributed by atoms with van der Waals surface area (Å²) in [6, 6.07) is 11.9. The SMILES string of the molecule is Cn1c(=O)n(C2CCC(=O)NC2=O)c2ccc(CCCN3Cc4cnc(-c5ccc6cn([C@H]7CC[C@H](CNC(=O)c8cc(F)c(O)c(F)c8F)CC7)nc6c5)nc4C3)cc21. The van der Waals surface area contributed by atoms with Gasteiger partial charge in [0.05, 0.1) is 33.8 Å². The number of rotatable bonds is 10. The Morgan fingerprint density at radius 1 is 0.967 bits per heavy atom. The van der Waals surface area contributed by atoms with Crippen LogP contribution in [-0.4, -0.2) is 69.7 Å². The number of carbonyl (C=O) groups excluding carboxylic acids is 3. The number of imide groups is 1. The fraction of sp³-hybridized carbons (Fsp3) is 0.372. The number of piperidine rings is 1. The van der Waals surface area contributed by atoms with Gasteiger partial charge in [-0.05, 0) is 87.2 Å². The van der Waals surface area contributed by atoms with Crippen LogP contribution in [-0.2, 0) is 36.1 Å². The van der Waals surface area contributed by atoms with Crippen LogP contribution in [0.25, 0.3) is 33.3 Å². The quantitative estimate of drug-likeness (QED) is 0.122. The predicted molar refractivity (Wildman–Crippen MR) is 213 cm³/mol. The highest BCUT2D eigenvalue weighted by Gasteiger charge is 2.32. The number of nitrogens with one attached hydrogen (secondary N) is 2. The van der Waals surface area contributed by atoms with Crippen molar-refractivity contribution in [3.05, 3.63) is 105 Å². The van der Waals surface area contributed by atoms with Gasteiger partial charge in [-0.2, -0.15) is 9.49 Å².